The van der Waals surface area contributed by atoms with E-state index in [-0.39, 0.29) is 10.6 Å². The van der Waals surface area contributed by atoms with Gasteiger partial charge in [-0.3, -0.25) is 10.1 Å². The highest BCUT2D eigenvalue weighted by Gasteiger charge is 2.61. The third-order valence-corrected chi connectivity index (χ3v) is 10.5. The van der Waals surface area contributed by atoms with Gasteiger partial charge in [0.05, 0.1) is 22.3 Å². The molecule has 0 amide bonds. The lowest BCUT2D eigenvalue weighted by molar-refractivity contribution is -0.384. The second kappa shape index (κ2) is 12.1. The van der Waals surface area contributed by atoms with Crippen molar-refractivity contribution >= 4 is 27.6 Å². The van der Waals surface area contributed by atoms with Crippen LogP contribution in [0.4, 0.5) is 11.4 Å². The fraction of sp³-hybridized carbons (Fsp3) is 0.184. The van der Waals surface area contributed by atoms with Crippen LogP contribution in [0, 0.1) is 24.0 Å². The Labute approximate surface area is 275 Å². The first-order valence-electron chi connectivity index (χ1n) is 15.2. The van der Waals surface area contributed by atoms with E-state index in [1.165, 1.54) is 18.3 Å². The van der Waals surface area contributed by atoms with Crippen LogP contribution in [0.1, 0.15) is 40.3 Å². The molecule has 1 heterocycles. The van der Waals surface area contributed by atoms with E-state index in [4.69, 9.17) is 4.74 Å². The number of nitrogens with zero attached hydrogens (tertiary/aromatic N) is 3. The number of methoxy groups -OCH3 is 1. The quantitative estimate of drug-likeness (QED) is 0.0918. The summed E-state index contributed by atoms with van der Waals surface area (Å²) in [6.07, 6.45) is 1.52. The predicted octanol–water partition coefficient (Wildman–Crippen LogP) is 7.90. The van der Waals surface area contributed by atoms with Gasteiger partial charge in [0.2, 0.25) is 0 Å². The molecular weight excluding hydrogens is 611 g/mol. The van der Waals surface area contributed by atoms with Crippen molar-refractivity contribution in [3.05, 3.63) is 165 Å². The van der Waals surface area contributed by atoms with E-state index in [9.17, 15) is 18.5 Å². The van der Waals surface area contributed by atoms with Gasteiger partial charge in [-0.05, 0) is 85.5 Å². The molecule has 0 spiro atoms. The Bertz CT molecular complexity index is 2060. The highest BCUT2D eigenvalue weighted by atomic mass is 32.2. The molecule has 0 aromatic heterocycles. The zero-order chi connectivity index (χ0) is 33.4. The van der Waals surface area contributed by atoms with Crippen LogP contribution in [-0.4, -0.2) is 26.7 Å². The third kappa shape index (κ3) is 5.46. The summed E-state index contributed by atoms with van der Waals surface area (Å²) < 4.78 is 38.0. The van der Waals surface area contributed by atoms with Crippen molar-refractivity contribution in [1.82, 2.24) is 0 Å². The van der Waals surface area contributed by atoms with Crippen molar-refractivity contribution < 1.29 is 18.1 Å². The molecule has 8 nitrogen and oxygen atoms in total. The highest BCUT2D eigenvalue weighted by Crippen LogP contribution is 2.60. The summed E-state index contributed by atoms with van der Waals surface area (Å²) in [7, 11) is -2.55. The number of nitro benzene ring substituents is 1. The second-order valence-corrected chi connectivity index (χ2v) is 13.7. The molecule has 5 aromatic carbocycles. The van der Waals surface area contributed by atoms with Crippen LogP contribution in [0.3, 0.4) is 0 Å². The Morgan fingerprint density at radius 3 is 2.04 bits per heavy atom. The van der Waals surface area contributed by atoms with Gasteiger partial charge in [0.15, 0.2) is 0 Å². The molecule has 2 atom stereocenters. The van der Waals surface area contributed by atoms with Crippen molar-refractivity contribution in [2.75, 3.05) is 12.0 Å². The maximum atomic E-state index is 13.9. The Morgan fingerprint density at radius 1 is 0.830 bits per heavy atom. The predicted molar refractivity (Wildman–Crippen MR) is 185 cm³/mol. The molecule has 0 radical (unpaired) electrons. The van der Waals surface area contributed by atoms with Gasteiger partial charge in [0.25, 0.3) is 15.7 Å². The lowest BCUT2D eigenvalue weighted by atomic mass is 9.62. The maximum Gasteiger partial charge on any atom is 0.282 e. The summed E-state index contributed by atoms with van der Waals surface area (Å²) in [6.45, 7) is 6.37. The summed E-state index contributed by atoms with van der Waals surface area (Å²) in [5, 5.41) is 11.8. The van der Waals surface area contributed by atoms with E-state index in [0.717, 1.165) is 33.5 Å². The SMILES string of the molecule is COc1ccc2c(c1)[C@@](C)(c1ccccc1)[C@@](/C=N/S(=O)(=O)c1ccc(C)cc1)(c1ccc([N+](=O)[O-])cc1)N2Cc1ccc(C)cc1. The molecule has 0 unspecified atom stereocenters. The normalized spacial score (nSPS) is 19.1. The van der Waals surface area contributed by atoms with Crippen molar-refractivity contribution in [3.8, 4) is 5.75 Å². The molecule has 0 fully saturated rings. The minimum atomic E-state index is -4.16. The minimum absolute atomic E-state index is 0.0712. The highest BCUT2D eigenvalue weighted by molar-refractivity contribution is 7.90. The lowest BCUT2D eigenvalue weighted by Gasteiger charge is -2.47. The van der Waals surface area contributed by atoms with Gasteiger partial charge in [-0.2, -0.15) is 12.8 Å². The summed E-state index contributed by atoms with van der Waals surface area (Å²) in [6, 6.07) is 36.8. The average molecular weight is 646 g/mol. The topological polar surface area (TPSA) is 102 Å². The first kappa shape index (κ1) is 31.7. The number of non-ortho nitro benzene ring substituents is 1. The average Bonchev–Trinajstić information content (AvgIpc) is 3.29. The first-order valence-corrected chi connectivity index (χ1v) is 16.6. The minimum Gasteiger partial charge on any atom is -0.497 e. The van der Waals surface area contributed by atoms with Gasteiger partial charge >= 0.3 is 0 Å². The van der Waals surface area contributed by atoms with E-state index in [1.54, 1.807) is 43.5 Å². The Kier molecular flexibility index (Phi) is 8.19. The zero-order valence-electron chi connectivity index (χ0n) is 26.6. The van der Waals surface area contributed by atoms with E-state index in [2.05, 4.69) is 28.4 Å². The molecule has 47 heavy (non-hydrogen) atoms. The smallest absolute Gasteiger partial charge is 0.282 e. The summed E-state index contributed by atoms with van der Waals surface area (Å²) in [4.78, 5) is 13.5. The molecule has 0 aliphatic carbocycles. The van der Waals surface area contributed by atoms with Crippen LogP contribution in [0.5, 0.6) is 5.75 Å². The van der Waals surface area contributed by atoms with Crippen LogP contribution in [0.15, 0.2) is 131 Å². The molecule has 5 aromatic rings. The molecule has 0 N–H and O–H groups in total. The number of fused-ring (bicyclic) bond motifs is 1. The summed E-state index contributed by atoms with van der Waals surface area (Å²) in [5.74, 6) is 0.643. The van der Waals surface area contributed by atoms with Crippen LogP contribution >= 0.6 is 0 Å². The molecular formula is C38H35N3O5S. The van der Waals surface area contributed by atoms with Gasteiger partial charge in [-0.1, -0.05) is 77.9 Å². The van der Waals surface area contributed by atoms with Crippen molar-refractivity contribution in [3.63, 3.8) is 0 Å². The summed E-state index contributed by atoms with van der Waals surface area (Å²) >= 11 is 0. The molecule has 0 bridgehead atoms. The first-order chi connectivity index (χ1) is 22.5. The monoisotopic (exact) mass is 645 g/mol. The van der Waals surface area contributed by atoms with Crippen LogP contribution in [0.2, 0.25) is 0 Å². The second-order valence-electron chi connectivity index (χ2n) is 12.0. The number of benzene rings is 5. The number of aryl methyl sites for hydroxylation is 2. The van der Waals surface area contributed by atoms with Crippen LogP contribution in [-0.2, 0) is 27.5 Å². The van der Waals surface area contributed by atoms with Gasteiger partial charge in [-0.15, -0.1) is 0 Å². The lowest BCUT2D eigenvalue weighted by Crippen LogP contribution is -2.56. The number of ether oxygens (including phenoxy) is 1. The number of anilines is 1. The molecule has 1 aliphatic rings. The Morgan fingerprint density at radius 2 is 1.45 bits per heavy atom. The number of nitro groups is 1. The molecule has 6 rings (SSSR count). The van der Waals surface area contributed by atoms with Gasteiger partial charge in [0, 0.05) is 30.6 Å². The van der Waals surface area contributed by atoms with Crippen molar-refractivity contribution in [2.45, 2.75) is 43.2 Å². The van der Waals surface area contributed by atoms with Gasteiger partial charge in [0.1, 0.15) is 11.3 Å². The number of hydrogen-bond donors (Lipinski definition) is 0. The van der Waals surface area contributed by atoms with Gasteiger partial charge in [-0.25, -0.2) is 0 Å². The Balaban J connectivity index is 1.71. The van der Waals surface area contributed by atoms with E-state index >= 15 is 0 Å². The van der Waals surface area contributed by atoms with Crippen molar-refractivity contribution in [1.29, 1.82) is 0 Å². The zero-order valence-corrected chi connectivity index (χ0v) is 27.4. The number of sulfonamides is 1. The fourth-order valence-electron chi connectivity index (χ4n) is 6.65. The summed E-state index contributed by atoms with van der Waals surface area (Å²) in [5.41, 5.74) is 4.00. The maximum absolute atomic E-state index is 13.9. The molecule has 9 heteroatoms. The van der Waals surface area contributed by atoms with E-state index in [1.807, 2.05) is 74.5 Å². The van der Waals surface area contributed by atoms with Crippen LogP contribution in [0.25, 0.3) is 0 Å². The molecule has 238 valence electrons. The standard InChI is InChI=1S/C38H35N3O5S/c1-27-10-14-29(15-11-27)25-40-36-23-20-33(46-4)24-35(36)37(3,30-8-6-5-7-9-30)38(40,31-16-18-32(19-17-31)41(42)43)26-39-47(44,45)34-21-12-28(2)13-22-34/h5-24,26H,25H2,1-4H3/b39-26+/t37-,38-/m1/s1. The molecule has 1 aliphatic heterocycles. The van der Waals surface area contributed by atoms with Crippen LogP contribution < -0.4 is 9.64 Å². The number of rotatable bonds is 9. The fourth-order valence-corrected chi connectivity index (χ4v) is 7.54. The van der Waals surface area contributed by atoms with Gasteiger partial charge < -0.3 is 9.64 Å². The largest absolute Gasteiger partial charge is 0.497 e. The number of hydrogen-bond acceptors (Lipinski definition) is 6. The Hall–Kier alpha value is -5.28. The van der Waals surface area contributed by atoms with Crippen molar-refractivity contribution in [2.24, 2.45) is 4.40 Å². The third-order valence-electron chi connectivity index (χ3n) is 9.25. The molecule has 0 saturated carbocycles. The van der Waals surface area contributed by atoms with E-state index in [0.29, 0.717) is 17.9 Å². The van der Waals surface area contributed by atoms with E-state index < -0.39 is 25.9 Å². The molecule has 0 saturated heterocycles.